The fourth-order valence-corrected chi connectivity index (χ4v) is 4.86. The average Bonchev–Trinajstić information content (AvgIpc) is 2.57. The molecule has 1 aliphatic rings. The minimum atomic E-state index is -3.90. The summed E-state index contributed by atoms with van der Waals surface area (Å²) in [5.74, 6) is -1.80. The van der Waals surface area contributed by atoms with Crippen molar-refractivity contribution in [1.29, 1.82) is 0 Å². The van der Waals surface area contributed by atoms with E-state index in [2.05, 4.69) is 0 Å². The summed E-state index contributed by atoms with van der Waals surface area (Å²) in [6.45, 7) is -0.276. The van der Waals surface area contributed by atoms with Crippen molar-refractivity contribution in [2.75, 3.05) is 13.1 Å². The summed E-state index contributed by atoms with van der Waals surface area (Å²) in [5.41, 5.74) is -0.472. The van der Waals surface area contributed by atoms with Gasteiger partial charge in [-0.2, -0.15) is 4.31 Å². The molecule has 0 aliphatic carbocycles. The molecule has 0 bridgehead atoms. The van der Waals surface area contributed by atoms with Gasteiger partial charge in [-0.05, 0) is 0 Å². The molecule has 8 nitrogen and oxygen atoms in total. The van der Waals surface area contributed by atoms with E-state index in [-0.39, 0.29) is 21.6 Å². The Morgan fingerprint density at radius 3 is 2.58 bits per heavy atom. The molecule has 11 heteroatoms. The van der Waals surface area contributed by atoms with Gasteiger partial charge in [-0.3, -0.25) is 14.9 Å². The monoisotopic (exact) mass is 326 g/mol. The van der Waals surface area contributed by atoms with Crippen LogP contribution in [0.4, 0.5) is 5.69 Å². The van der Waals surface area contributed by atoms with E-state index < -0.39 is 32.5 Å². The van der Waals surface area contributed by atoms with Gasteiger partial charge in [0.15, 0.2) is 4.34 Å². The number of carboxylic acid groups (broad SMARTS) is 1. The molecule has 1 aromatic rings. The number of nitro groups is 1. The number of aliphatic carboxylic acids is 1. The Hall–Kier alpha value is -1.23. The van der Waals surface area contributed by atoms with Crippen LogP contribution in [-0.4, -0.2) is 41.8 Å². The third kappa shape index (κ3) is 2.43. The highest BCUT2D eigenvalue weighted by molar-refractivity contribution is 7.91. The zero-order chi connectivity index (χ0) is 14.4. The van der Waals surface area contributed by atoms with Crippen molar-refractivity contribution < 1.29 is 23.2 Å². The molecule has 0 unspecified atom stereocenters. The molecular weight excluding hydrogens is 320 g/mol. The van der Waals surface area contributed by atoms with Crippen molar-refractivity contribution in [3.63, 3.8) is 0 Å². The summed E-state index contributed by atoms with van der Waals surface area (Å²) < 4.78 is 24.5. The quantitative estimate of drug-likeness (QED) is 0.651. The maximum Gasteiger partial charge on any atom is 0.309 e. The van der Waals surface area contributed by atoms with E-state index in [0.717, 1.165) is 10.4 Å². The molecule has 1 fully saturated rings. The van der Waals surface area contributed by atoms with Crippen LogP contribution in [0.2, 0.25) is 4.34 Å². The highest BCUT2D eigenvalue weighted by atomic mass is 35.5. The highest BCUT2D eigenvalue weighted by Crippen LogP contribution is 2.38. The Morgan fingerprint density at radius 2 is 2.16 bits per heavy atom. The molecule has 104 valence electrons. The first-order valence-corrected chi connectivity index (χ1v) is 7.53. The predicted octanol–water partition coefficient (Wildman–Crippen LogP) is 1.01. The lowest BCUT2D eigenvalue weighted by molar-refractivity contribution is -0.384. The van der Waals surface area contributed by atoms with Crippen molar-refractivity contribution >= 4 is 44.6 Å². The van der Waals surface area contributed by atoms with Gasteiger partial charge in [0.25, 0.3) is 15.7 Å². The maximum atomic E-state index is 12.0. The van der Waals surface area contributed by atoms with Gasteiger partial charge in [-0.25, -0.2) is 8.42 Å². The molecule has 2 rings (SSSR count). The smallest absolute Gasteiger partial charge is 0.309 e. The largest absolute Gasteiger partial charge is 0.481 e. The molecule has 1 N–H and O–H groups in total. The van der Waals surface area contributed by atoms with E-state index in [0.29, 0.717) is 11.3 Å². The molecule has 2 heterocycles. The zero-order valence-corrected chi connectivity index (χ0v) is 11.5. The number of carboxylic acids is 1. The van der Waals surface area contributed by atoms with Crippen LogP contribution in [0, 0.1) is 16.0 Å². The van der Waals surface area contributed by atoms with Crippen molar-refractivity contribution in [2.24, 2.45) is 5.92 Å². The summed E-state index contributed by atoms with van der Waals surface area (Å²) in [7, 11) is -3.90. The number of sulfonamides is 1. The van der Waals surface area contributed by atoms with Gasteiger partial charge < -0.3 is 5.11 Å². The van der Waals surface area contributed by atoms with Crippen molar-refractivity contribution in [2.45, 2.75) is 4.21 Å². The van der Waals surface area contributed by atoms with E-state index in [1.807, 2.05) is 0 Å². The van der Waals surface area contributed by atoms with Gasteiger partial charge >= 0.3 is 5.97 Å². The SMILES string of the molecule is O=C(O)C1CN(S(=O)(=O)c2cc([N+](=O)[O-])c(Cl)s2)C1. The molecule has 1 aromatic heterocycles. The van der Waals surface area contributed by atoms with Crippen LogP contribution in [0.1, 0.15) is 0 Å². The minimum absolute atomic E-state index is 0.138. The second-order valence-corrected chi connectivity index (χ2v) is 7.66. The Morgan fingerprint density at radius 1 is 1.58 bits per heavy atom. The van der Waals surface area contributed by atoms with Crippen LogP contribution < -0.4 is 0 Å². The van der Waals surface area contributed by atoms with Gasteiger partial charge in [0.1, 0.15) is 4.21 Å². The summed E-state index contributed by atoms with van der Waals surface area (Å²) in [6, 6.07) is 0.885. The minimum Gasteiger partial charge on any atom is -0.481 e. The topological polar surface area (TPSA) is 118 Å². The molecule has 0 radical (unpaired) electrons. The van der Waals surface area contributed by atoms with E-state index in [9.17, 15) is 23.3 Å². The van der Waals surface area contributed by atoms with Gasteiger partial charge in [0, 0.05) is 19.2 Å². The Kier molecular flexibility index (Phi) is 3.51. The maximum absolute atomic E-state index is 12.0. The second-order valence-electron chi connectivity index (χ2n) is 3.84. The second kappa shape index (κ2) is 4.71. The van der Waals surface area contributed by atoms with Crippen LogP contribution in [0.3, 0.4) is 0 Å². The van der Waals surface area contributed by atoms with E-state index in [1.54, 1.807) is 0 Å². The van der Waals surface area contributed by atoms with Crippen LogP contribution in [0.15, 0.2) is 10.3 Å². The summed E-state index contributed by atoms with van der Waals surface area (Å²) >= 11 is 6.17. The number of carbonyl (C=O) groups is 1. The standard InChI is InChI=1S/C8H7ClN2O6S2/c9-7-5(11(14)15)1-6(18-7)19(16,17)10-2-4(3-10)8(12)13/h1,4H,2-3H2,(H,12,13). The fourth-order valence-electron chi connectivity index (χ4n) is 1.51. The summed E-state index contributed by atoms with van der Waals surface area (Å²) in [5, 5.41) is 19.3. The van der Waals surface area contributed by atoms with Crippen molar-refractivity contribution in [3.05, 3.63) is 20.5 Å². The third-order valence-corrected chi connectivity index (χ3v) is 6.25. The predicted molar refractivity (Wildman–Crippen MR) is 65.9 cm³/mol. The lowest BCUT2D eigenvalue weighted by atomic mass is 10.0. The van der Waals surface area contributed by atoms with E-state index in [1.165, 1.54) is 0 Å². The molecule has 1 saturated heterocycles. The van der Waals surface area contributed by atoms with Gasteiger partial charge in [0.2, 0.25) is 0 Å². The number of halogens is 1. The van der Waals surface area contributed by atoms with Crippen LogP contribution >= 0.6 is 22.9 Å². The summed E-state index contributed by atoms with van der Waals surface area (Å²) in [6.07, 6.45) is 0. The van der Waals surface area contributed by atoms with Crippen LogP contribution in [0.25, 0.3) is 0 Å². The zero-order valence-electron chi connectivity index (χ0n) is 9.15. The first-order chi connectivity index (χ1) is 8.73. The fraction of sp³-hybridized carbons (Fsp3) is 0.375. The first-order valence-electron chi connectivity index (χ1n) is 4.90. The third-order valence-electron chi connectivity index (χ3n) is 2.63. The Labute approximate surface area is 116 Å². The highest BCUT2D eigenvalue weighted by Gasteiger charge is 2.42. The molecule has 1 aliphatic heterocycles. The van der Waals surface area contributed by atoms with Crippen LogP contribution in [-0.2, 0) is 14.8 Å². The molecule has 0 aromatic carbocycles. The number of nitrogens with zero attached hydrogens (tertiary/aromatic N) is 2. The Balaban J connectivity index is 2.24. The first kappa shape index (κ1) is 14.2. The molecule has 19 heavy (non-hydrogen) atoms. The van der Waals surface area contributed by atoms with Gasteiger partial charge in [-0.15, -0.1) is 11.3 Å². The number of rotatable bonds is 4. The van der Waals surface area contributed by atoms with Crippen molar-refractivity contribution in [1.82, 2.24) is 4.31 Å². The summed E-state index contributed by atoms with van der Waals surface area (Å²) in [4.78, 5) is 20.4. The normalized spacial score (nSPS) is 17.1. The number of hydrogen-bond donors (Lipinski definition) is 1. The lowest BCUT2D eigenvalue weighted by Gasteiger charge is -2.34. The Bertz CT molecular complexity index is 648. The molecular formula is C8H7ClN2O6S2. The van der Waals surface area contributed by atoms with Crippen molar-refractivity contribution in [3.8, 4) is 0 Å². The molecule has 0 spiro atoms. The lowest BCUT2D eigenvalue weighted by Crippen LogP contribution is -2.52. The van der Waals surface area contributed by atoms with Gasteiger partial charge in [-0.1, -0.05) is 11.6 Å². The average molecular weight is 327 g/mol. The van der Waals surface area contributed by atoms with Gasteiger partial charge in [0.05, 0.1) is 10.8 Å². The van der Waals surface area contributed by atoms with Crippen LogP contribution in [0.5, 0.6) is 0 Å². The molecule has 0 amide bonds. The molecule has 0 atom stereocenters. The van der Waals surface area contributed by atoms with E-state index >= 15 is 0 Å². The number of hydrogen-bond acceptors (Lipinski definition) is 6. The molecule has 0 saturated carbocycles. The number of thiophene rings is 1. The van der Waals surface area contributed by atoms with E-state index in [4.69, 9.17) is 16.7 Å².